The van der Waals surface area contributed by atoms with Crippen LogP contribution in [-0.4, -0.2) is 25.5 Å². The first-order valence-corrected chi connectivity index (χ1v) is 4.50. The second-order valence-electron chi connectivity index (χ2n) is 3.21. The molecule has 15 heavy (non-hydrogen) atoms. The highest BCUT2D eigenvalue weighted by molar-refractivity contribution is 6.06. The average Bonchev–Trinajstić information content (AvgIpc) is 2.59. The Morgan fingerprint density at radius 3 is 2.67 bits per heavy atom. The molecule has 2 aromatic rings. The van der Waals surface area contributed by atoms with Gasteiger partial charge in [0.25, 0.3) is 0 Å². The zero-order valence-electron chi connectivity index (χ0n) is 8.51. The van der Waals surface area contributed by atoms with Crippen molar-refractivity contribution >= 4 is 5.78 Å². The second-order valence-corrected chi connectivity index (χ2v) is 3.21. The molecule has 0 saturated carbocycles. The Kier molecular flexibility index (Phi) is 2.29. The topological polar surface area (TPSA) is 60.7 Å². The molecule has 0 aromatic carbocycles. The SMILES string of the molecule is Cc1cc(C(=O)c2cnccn2)nn1C. The highest BCUT2D eigenvalue weighted by atomic mass is 16.1. The fourth-order valence-electron chi connectivity index (χ4n) is 1.22. The molecule has 0 radical (unpaired) electrons. The van der Waals surface area contributed by atoms with Crippen molar-refractivity contribution < 1.29 is 4.79 Å². The van der Waals surface area contributed by atoms with Crippen LogP contribution in [-0.2, 0) is 7.05 Å². The molecule has 5 heteroatoms. The van der Waals surface area contributed by atoms with Gasteiger partial charge in [-0.3, -0.25) is 14.5 Å². The average molecular weight is 202 g/mol. The summed E-state index contributed by atoms with van der Waals surface area (Å²) >= 11 is 0. The van der Waals surface area contributed by atoms with Gasteiger partial charge in [-0.1, -0.05) is 0 Å². The number of ketones is 1. The van der Waals surface area contributed by atoms with E-state index in [1.54, 1.807) is 17.8 Å². The molecule has 0 atom stereocenters. The van der Waals surface area contributed by atoms with Gasteiger partial charge in [0.05, 0.1) is 6.20 Å². The summed E-state index contributed by atoms with van der Waals surface area (Å²) in [6.45, 7) is 1.89. The third kappa shape index (κ3) is 1.76. The molecule has 0 saturated heterocycles. The van der Waals surface area contributed by atoms with E-state index in [2.05, 4.69) is 15.1 Å². The smallest absolute Gasteiger partial charge is 0.233 e. The number of rotatable bonds is 2. The van der Waals surface area contributed by atoms with Crippen molar-refractivity contribution in [3.05, 3.63) is 41.7 Å². The van der Waals surface area contributed by atoms with Crippen LogP contribution in [0.5, 0.6) is 0 Å². The molecule has 0 aliphatic carbocycles. The lowest BCUT2D eigenvalue weighted by atomic mass is 10.2. The number of hydrogen-bond donors (Lipinski definition) is 0. The fourth-order valence-corrected chi connectivity index (χ4v) is 1.22. The standard InChI is InChI=1S/C10H10N4O/c1-7-5-8(13-14(7)2)10(15)9-6-11-3-4-12-9/h3-6H,1-2H3. The summed E-state index contributed by atoms with van der Waals surface area (Å²) in [5.74, 6) is -0.202. The molecular formula is C10H10N4O. The first-order chi connectivity index (χ1) is 7.18. The van der Waals surface area contributed by atoms with Gasteiger partial charge < -0.3 is 0 Å². The van der Waals surface area contributed by atoms with Gasteiger partial charge >= 0.3 is 0 Å². The monoisotopic (exact) mass is 202 g/mol. The molecule has 0 amide bonds. The van der Waals surface area contributed by atoms with Crippen LogP contribution in [0.2, 0.25) is 0 Å². The Labute approximate surface area is 86.8 Å². The van der Waals surface area contributed by atoms with Crippen molar-refractivity contribution in [2.75, 3.05) is 0 Å². The molecule has 0 bridgehead atoms. The second kappa shape index (κ2) is 3.61. The van der Waals surface area contributed by atoms with E-state index in [-0.39, 0.29) is 5.78 Å². The van der Waals surface area contributed by atoms with E-state index >= 15 is 0 Å². The van der Waals surface area contributed by atoms with E-state index < -0.39 is 0 Å². The first-order valence-electron chi connectivity index (χ1n) is 4.50. The van der Waals surface area contributed by atoms with Crippen LogP contribution >= 0.6 is 0 Å². The van der Waals surface area contributed by atoms with Gasteiger partial charge in [0.1, 0.15) is 11.4 Å². The van der Waals surface area contributed by atoms with Crippen molar-refractivity contribution in [1.82, 2.24) is 19.7 Å². The van der Waals surface area contributed by atoms with Crippen LogP contribution in [0.3, 0.4) is 0 Å². The number of aryl methyl sites for hydroxylation is 2. The number of hydrogen-bond acceptors (Lipinski definition) is 4. The van der Waals surface area contributed by atoms with Crippen molar-refractivity contribution in [2.24, 2.45) is 7.05 Å². The van der Waals surface area contributed by atoms with Crippen molar-refractivity contribution in [1.29, 1.82) is 0 Å². The number of carbonyl (C=O) groups is 1. The summed E-state index contributed by atoms with van der Waals surface area (Å²) in [6.07, 6.45) is 4.45. The lowest BCUT2D eigenvalue weighted by Crippen LogP contribution is -2.05. The summed E-state index contributed by atoms with van der Waals surface area (Å²) in [4.78, 5) is 19.6. The molecule has 0 aliphatic heterocycles. The molecule has 0 N–H and O–H groups in total. The molecular weight excluding hydrogens is 192 g/mol. The van der Waals surface area contributed by atoms with E-state index in [9.17, 15) is 4.79 Å². The zero-order valence-corrected chi connectivity index (χ0v) is 8.51. The summed E-state index contributed by atoms with van der Waals surface area (Å²) in [6, 6.07) is 1.73. The Morgan fingerprint density at radius 2 is 2.13 bits per heavy atom. The van der Waals surface area contributed by atoms with E-state index in [1.807, 2.05) is 6.92 Å². The van der Waals surface area contributed by atoms with E-state index in [1.165, 1.54) is 18.6 Å². The Hall–Kier alpha value is -2.04. The molecule has 0 aliphatic rings. The first kappa shape index (κ1) is 9.51. The maximum atomic E-state index is 11.8. The number of aromatic nitrogens is 4. The van der Waals surface area contributed by atoms with Gasteiger partial charge in [0.2, 0.25) is 5.78 Å². The van der Waals surface area contributed by atoms with Gasteiger partial charge in [0.15, 0.2) is 0 Å². The van der Waals surface area contributed by atoms with Crippen LogP contribution < -0.4 is 0 Å². The molecule has 0 fully saturated rings. The minimum Gasteiger partial charge on any atom is -0.285 e. The third-order valence-corrected chi connectivity index (χ3v) is 2.14. The predicted molar refractivity (Wildman–Crippen MR) is 53.4 cm³/mol. The lowest BCUT2D eigenvalue weighted by Gasteiger charge is -1.94. The van der Waals surface area contributed by atoms with Crippen molar-refractivity contribution in [2.45, 2.75) is 6.92 Å². The van der Waals surface area contributed by atoms with Crippen molar-refractivity contribution in [3.8, 4) is 0 Å². The maximum Gasteiger partial charge on any atom is 0.233 e. The summed E-state index contributed by atoms with van der Waals surface area (Å²) in [7, 11) is 1.79. The molecule has 2 heterocycles. The highest BCUT2D eigenvalue weighted by Crippen LogP contribution is 2.06. The quantitative estimate of drug-likeness (QED) is 0.674. The van der Waals surface area contributed by atoms with Crippen molar-refractivity contribution in [3.63, 3.8) is 0 Å². The minimum atomic E-state index is -0.202. The Bertz CT molecular complexity index is 470. The van der Waals surface area contributed by atoms with E-state index in [0.29, 0.717) is 11.4 Å². The van der Waals surface area contributed by atoms with Crippen LogP contribution in [0.15, 0.2) is 24.7 Å². The van der Waals surface area contributed by atoms with Crippen LogP contribution in [0, 0.1) is 6.92 Å². The molecule has 0 unspecified atom stereocenters. The minimum absolute atomic E-state index is 0.202. The fraction of sp³-hybridized carbons (Fsp3) is 0.200. The molecule has 5 nitrogen and oxygen atoms in total. The Balaban J connectivity index is 2.37. The number of carbonyl (C=O) groups excluding carboxylic acids is 1. The highest BCUT2D eigenvalue weighted by Gasteiger charge is 2.14. The van der Waals surface area contributed by atoms with Gasteiger partial charge in [-0.25, -0.2) is 4.98 Å². The van der Waals surface area contributed by atoms with Gasteiger partial charge in [-0.15, -0.1) is 0 Å². The largest absolute Gasteiger partial charge is 0.285 e. The van der Waals surface area contributed by atoms with Crippen LogP contribution in [0.4, 0.5) is 0 Å². The predicted octanol–water partition coefficient (Wildman–Crippen LogP) is 0.750. The molecule has 2 aromatic heterocycles. The summed E-state index contributed by atoms with van der Waals surface area (Å²) in [5, 5.41) is 4.09. The summed E-state index contributed by atoms with van der Waals surface area (Å²) < 4.78 is 1.66. The van der Waals surface area contributed by atoms with E-state index in [4.69, 9.17) is 0 Å². The maximum absolute atomic E-state index is 11.8. The third-order valence-electron chi connectivity index (χ3n) is 2.14. The molecule has 0 spiro atoms. The molecule has 76 valence electrons. The number of nitrogens with zero attached hydrogens (tertiary/aromatic N) is 4. The summed E-state index contributed by atoms with van der Waals surface area (Å²) in [5.41, 5.74) is 1.65. The van der Waals surface area contributed by atoms with Gasteiger partial charge in [0, 0.05) is 25.1 Å². The molecule has 2 rings (SSSR count). The van der Waals surface area contributed by atoms with Gasteiger partial charge in [-0.05, 0) is 13.0 Å². The normalized spacial score (nSPS) is 10.3. The Morgan fingerprint density at radius 1 is 1.33 bits per heavy atom. The van der Waals surface area contributed by atoms with Crippen LogP contribution in [0.1, 0.15) is 21.9 Å². The lowest BCUT2D eigenvalue weighted by molar-refractivity contribution is 0.102. The zero-order chi connectivity index (χ0) is 10.8. The van der Waals surface area contributed by atoms with Crippen LogP contribution in [0.25, 0.3) is 0 Å². The van der Waals surface area contributed by atoms with E-state index in [0.717, 1.165) is 5.69 Å². The van der Waals surface area contributed by atoms with Gasteiger partial charge in [-0.2, -0.15) is 5.10 Å².